The van der Waals surface area contributed by atoms with Crippen LogP contribution in [0.3, 0.4) is 0 Å². The summed E-state index contributed by atoms with van der Waals surface area (Å²) in [7, 11) is 0. The van der Waals surface area contributed by atoms with E-state index in [0.29, 0.717) is 5.56 Å². The third kappa shape index (κ3) is 4.55. The van der Waals surface area contributed by atoms with E-state index in [1.165, 1.54) is 4.88 Å². The van der Waals surface area contributed by atoms with Crippen molar-refractivity contribution in [3.05, 3.63) is 98.7 Å². The normalized spacial score (nSPS) is 11.8. The maximum Gasteiger partial charge on any atom is 0.256 e. The molecule has 146 valence electrons. The summed E-state index contributed by atoms with van der Waals surface area (Å²) in [4.78, 5) is 19.5. The number of carbonyl (C=O) groups excluding carboxylic acids is 1. The van der Waals surface area contributed by atoms with Crippen molar-refractivity contribution in [3.63, 3.8) is 0 Å². The molecule has 0 aliphatic heterocycles. The van der Waals surface area contributed by atoms with E-state index in [1.54, 1.807) is 28.9 Å². The van der Waals surface area contributed by atoms with E-state index in [4.69, 9.17) is 0 Å². The number of rotatable bonds is 6. The lowest BCUT2D eigenvalue weighted by molar-refractivity contribution is 0.102. The maximum absolute atomic E-state index is 12.8. The van der Waals surface area contributed by atoms with E-state index >= 15 is 0 Å². The number of aromatic nitrogens is 1. The van der Waals surface area contributed by atoms with Crippen LogP contribution in [-0.4, -0.2) is 10.9 Å². The monoisotopic (exact) mass is 419 g/mol. The van der Waals surface area contributed by atoms with Crippen LogP contribution in [-0.2, 0) is 0 Å². The molecule has 0 radical (unpaired) electrons. The van der Waals surface area contributed by atoms with Gasteiger partial charge >= 0.3 is 0 Å². The zero-order valence-electron chi connectivity index (χ0n) is 16.2. The predicted molar refractivity (Wildman–Crippen MR) is 122 cm³/mol. The first-order chi connectivity index (χ1) is 14.1. The zero-order valence-corrected chi connectivity index (χ0v) is 17.8. The topological polar surface area (TPSA) is 54.0 Å². The number of anilines is 2. The van der Waals surface area contributed by atoms with Crippen LogP contribution in [0.1, 0.15) is 37.3 Å². The molecule has 4 aromatic rings. The summed E-state index contributed by atoms with van der Waals surface area (Å²) in [5, 5.41) is 9.59. The largest absolute Gasteiger partial charge is 0.358 e. The fraction of sp³-hybridized carbons (Fsp3) is 0.130. The van der Waals surface area contributed by atoms with E-state index in [1.807, 2.05) is 55.5 Å². The molecule has 2 N–H and O–H groups in total. The Morgan fingerprint density at radius 1 is 1.03 bits per heavy atom. The molecule has 1 amide bonds. The summed E-state index contributed by atoms with van der Waals surface area (Å²) in [6.07, 6.45) is 1.81. The van der Waals surface area contributed by atoms with Crippen molar-refractivity contribution in [2.75, 3.05) is 10.6 Å². The molecular weight excluding hydrogens is 398 g/mol. The highest BCUT2D eigenvalue weighted by atomic mass is 32.1. The van der Waals surface area contributed by atoms with Gasteiger partial charge in [-0.05, 0) is 61.2 Å². The Morgan fingerprint density at radius 3 is 2.59 bits per heavy atom. The van der Waals surface area contributed by atoms with Gasteiger partial charge < -0.3 is 10.6 Å². The molecule has 6 heteroatoms. The van der Waals surface area contributed by atoms with Gasteiger partial charge in [-0.15, -0.1) is 22.7 Å². The smallest absolute Gasteiger partial charge is 0.256 e. The fourth-order valence-corrected chi connectivity index (χ4v) is 4.87. The van der Waals surface area contributed by atoms with Crippen LogP contribution in [0.15, 0.2) is 72.2 Å². The minimum Gasteiger partial charge on any atom is -0.358 e. The number of benzene rings is 1. The van der Waals surface area contributed by atoms with E-state index in [9.17, 15) is 4.79 Å². The quantitative estimate of drug-likeness (QED) is 0.387. The van der Waals surface area contributed by atoms with Crippen LogP contribution >= 0.6 is 22.7 Å². The molecule has 0 saturated heterocycles. The molecule has 0 spiro atoms. The Bertz CT molecular complexity index is 1100. The Morgan fingerprint density at radius 2 is 1.86 bits per heavy atom. The number of hydrogen-bond acceptors (Lipinski definition) is 5. The molecule has 4 rings (SSSR count). The minimum atomic E-state index is -0.104. The van der Waals surface area contributed by atoms with Crippen molar-refractivity contribution >= 4 is 39.4 Å². The average Bonchev–Trinajstić information content (AvgIpc) is 3.37. The highest BCUT2D eigenvalue weighted by Crippen LogP contribution is 2.39. The molecule has 0 saturated carbocycles. The molecule has 4 nitrogen and oxygen atoms in total. The number of nitrogens with zero attached hydrogens (tertiary/aromatic N) is 1. The van der Waals surface area contributed by atoms with Gasteiger partial charge in [0.25, 0.3) is 5.91 Å². The van der Waals surface area contributed by atoms with Gasteiger partial charge in [0, 0.05) is 27.1 Å². The fourth-order valence-electron chi connectivity index (χ4n) is 3.13. The Labute approximate surface area is 178 Å². The number of thiophene rings is 2. The van der Waals surface area contributed by atoms with E-state index < -0.39 is 0 Å². The summed E-state index contributed by atoms with van der Waals surface area (Å²) in [5.41, 5.74) is 2.83. The second-order valence-corrected chi connectivity index (χ2v) is 9.01. The van der Waals surface area contributed by atoms with Gasteiger partial charge in [0.05, 0.1) is 6.04 Å². The summed E-state index contributed by atoms with van der Waals surface area (Å²) >= 11 is 3.27. The summed E-state index contributed by atoms with van der Waals surface area (Å²) in [6, 6.07) is 19.5. The third-order valence-corrected chi connectivity index (χ3v) is 6.41. The predicted octanol–water partition coefficient (Wildman–Crippen LogP) is 6.28. The molecule has 0 aliphatic carbocycles. The zero-order chi connectivity index (χ0) is 20.2. The molecule has 3 aromatic heterocycles. The second-order valence-electron chi connectivity index (χ2n) is 6.77. The Hall–Kier alpha value is -2.96. The molecule has 3 heterocycles. The molecule has 0 unspecified atom stereocenters. The number of nitrogens with one attached hydrogen (secondary N) is 2. The standard InChI is InChI=1S/C23H21N3OS2/c1-15-10-11-24-20(13-15)25-21(19-9-6-12-28-19)18-14-16(2)29-23(18)26-22(27)17-7-4-3-5-8-17/h3-14,21H,1-2H3,(H,24,25)(H,26,27)/t21-/m1/s1. The maximum atomic E-state index is 12.8. The molecule has 1 aromatic carbocycles. The van der Waals surface area contributed by atoms with Crippen LogP contribution in [0.4, 0.5) is 10.8 Å². The first-order valence-corrected chi connectivity index (χ1v) is 11.0. The first-order valence-electron chi connectivity index (χ1n) is 9.29. The van der Waals surface area contributed by atoms with Crippen molar-refractivity contribution in [3.8, 4) is 0 Å². The highest BCUT2D eigenvalue weighted by molar-refractivity contribution is 7.16. The van der Waals surface area contributed by atoms with Crippen LogP contribution in [0.5, 0.6) is 0 Å². The van der Waals surface area contributed by atoms with E-state index in [0.717, 1.165) is 26.8 Å². The van der Waals surface area contributed by atoms with Gasteiger partial charge in [-0.2, -0.15) is 0 Å². The van der Waals surface area contributed by atoms with Crippen molar-refractivity contribution < 1.29 is 4.79 Å². The lowest BCUT2D eigenvalue weighted by Crippen LogP contribution is -2.16. The van der Waals surface area contributed by atoms with Crippen molar-refractivity contribution in [1.82, 2.24) is 4.98 Å². The lowest BCUT2D eigenvalue weighted by Gasteiger charge is -2.19. The molecule has 0 aliphatic rings. The number of amides is 1. The Kier molecular flexibility index (Phi) is 5.74. The van der Waals surface area contributed by atoms with Crippen molar-refractivity contribution in [2.24, 2.45) is 0 Å². The minimum absolute atomic E-state index is 0.0969. The van der Waals surface area contributed by atoms with Gasteiger partial charge in [-0.3, -0.25) is 4.79 Å². The van der Waals surface area contributed by atoms with Crippen LogP contribution in [0, 0.1) is 13.8 Å². The second kappa shape index (κ2) is 8.59. The van der Waals surface area contributed by atoms with Crippen molar-refractivity contribution in [2.45, 2.75) is 19.9 Å². The highest BCUT2D eigenvalue weighted by Gasteiger charge is 2.23. The average molecular weight is 420 g/mol. The van der Waals surface area contributed by atoms with Gasteiger partial charge in [-0.1, -0.05) is 24.3 Å². The molecule has 1 atom stereocenters. The van der Waals surface area contributed by atoms with Crippen LogP contribution in [0.2, 0.25) is 0 Å². The number of pyridine rings is 1. The van der Waals surface area contributed by atoms with Gasteiger partial charge in [0.2, 0.25) is 0 Å². The summed E-state index contributed by atoms with van der Waals surface area (Å²) in [6.45, 7) is 4.11. The summed E-state index contributed by atoms with van der Waals surface area (Å²) < 4.78 is 0. The van der Waals surface area contributed by atoms with E-state index in [-0.39, 0.29) is 11.9 Å². The molecule has 0 bridgehead atoms. The molecule has 29 heavy (non-hydrogen) atoms. The van der Waals surface area contributed by atoms with Crippen molar-refractivity contribution in [1.29, 1.82) is 0 Å². The number of carbonyl (C=O) groups is 1. The number of hydrogen-bond donors (Lipinski definition) is 2. The first kappa shape index (κ1) is 19.4. The summed E-state index contributed by atoms with van der Waals surface area (Å²) in [5.74, 6) is 0.708. The van der Waals surface area contributed by atoms with E-state index in [2.05, 4.69) is 40.1 Å². The van der Waals surface area contributed by atoms with Gasteiger partial charge in [-0.25, -0.2) is 4.98 Å². The lowest BCUT2D eigenvalue weighted by atomic mass is 10.1. The Balaban J connectivity index is 1.69. The third-order valence-electron chi connectivity index (χ3n) is 4.49. The SMILES string of the molecule is Cc1ccnc(N[C@@H](c2cccs2)c2cc(C)sc2NC(=O)c2ccccc2)c1. The van der Waals surface area contributed by atoms with Gasteiger partial charge in [0.15, 0.2) is 0 Å². The molecule has 0 fully saturated rings. The van der Waals surface area contributed by atoms with Gasteiger partial charge in [0.1, 0.15) is 10.8 Å². The van der Waals surface area contributed by atoms with Crippen LogP contribution in [0.25, 0.3) is 0 Å². The number of aryl methyl sites for hydroxylation is 2. The van der Waals surface area contributed by atoms with Crippen LogP contribution < -0.4 is 10.6 Å². The molecular formula is C23H21N3OS2.